The summed E-state index contributed by atoms with van der Waals surface area (Å²) in [7, 11) is -2.91. The van der Waals surface area contributed by atoms with E-state index in [4.69, 9.17) is 5.73 Å². The predicted octanol–water partition coefficient (Wildman–Crippen LogP) is 0.984. The number of nitrogens with zero attached hydrogens (tertiary/aromatic N) is 1. The van der Waals surface area contributed by atoms with Crippen molar-refractivity contribution in [1.29, 1.82) is 0 Å². The van der Waals surface area contributed by atoms with Crippen LogP contribution in [0.1, 0.15) is 17.9 Å². The fourth-order valence-corrected chi connectivity index (χ4v) is 3.07. The number of nitrogens with two attached hydrogens (primary N) is 1. The van der Waals surface area contributed by atoms with Gasteiger partial charge in [0.2, 0.25) is 0 Å². The quantitative estimate of drug-likeness (QED) is 0.865. The summed E-state index contributed by atoms with van der Waals surface area (Å²) in [6.07, 6.45) is 2.23. The molecule has 0 saturated carbocycles. The first-order chi connectivity index (χ1) is 8.51. The number of sulfone groups is 1. The molecule has 0 amide bonds. The summed E-state index contributed by atoms with van der Waals surface area (Å²) in [4.78, 5) is 2.16. The van der Waals surface area contributed by atoms with Crippen molar-refractivity contribution in [2.24, 2.45) is 5.73 Å². The number of anilines is 1. The van der Waals surface area contributed by atoms with Gasteiger partial charge in [-0.25, -0.2) is 8.42 Å². The van der Waals surface area contributed by atoms with Gasteiger partial charge in [-0.3, -0.25) is 0 Å². The minimum Gasteiger partial charge on any atom is -0.370 e. The fourth-order valence-electron chi connectivity index (χ4n) is 2.52. The molecule has 4 nitrogen and oxygen atoms in total. The molecule has 1 aliphatic rings. The average Bonchev–Trinajstić information content (AvgIpc) is 2.65. The Bertz CT molecular complexity index is 513. The fraction of sp³-hybridized carbons (Fsp3) is 0.538. The lowest BCUT2D eigenvalue weighted by atomic mass is 9.98. The van der Waals surface area contributed by atoms with Crippen LogP contribution >= 0.6 is 0 Å². The topological polar surface area (TPSA) is 63.4 Å². The van der Waals surface area contributed by atoms with Crippen molar-refractivity contribution in [1.82, 2.24) is 0 Å². The van der Waals surface area contributed by atoms with Gasteiger partial charge in [0.1, 0.15) is 9.84 Å². The third-order valence-electron chi connectivity index (χ3n) is 3.41. The highest BCUT2D eigenvalue weighted by Crippen LogP contribution is 2.37. The normalized spacial score (nSPS) is 19.0. The molecule has 1 aromatic carbocycles. The first kappa shape index (κ1) is 13.4. The van der Waals surface area contributed by atoms with Gasteiger partial charge in [0, 0.05) is 31.0 Å². The van der Waals surface area contributed by atoms with E-state index in [2.05, 4.69) is 17.0 Å². The number of para-hydroxylation sites is 1. The molecule has 2 N–H and O–H groups in total. The standard InChI is InChI=1S/C13H20N2O2S/c1-18(16,17)9-8-15-10-11(6-7-14)12-4-2-3-5-13(12)15/h2-5,11H,6-10,14H2,1H3. The second-order valence-corrected chi connectivity index (χ2v) is 7.17. The van der Waals surface area contributed by atoms with Gasteiger partial charge in [-0.05, 0) is 24.6 Å². The molecule has 0 spiro atoms. The lowest BCUT2D eigenvalue weighted by Gasteiger charge is -2.19. The summed E-state index contributed by atoms with van der Waals surface area (Å²) in [6.45, 7) is 2.11. The minimum absolute atomic E-state index is 0.205. The summed E-state index contributed by atoms with van der Waals surface area (Å²) in [5.41, 5.74) is 8.11. The molecule has 0 radical (unpaired) electrons. The van der Waals surface area contributed by atoms with Gasteiger partial charge in [-0.1, -0.05) is 18.2 Å². The van der Waals surface area contributed by atoms with Gasteiger partial charge in [0.05, 0.1) is 5.75 Å². The maximum Gasteiger partial charge on any atom is 0.149 e. The highest BCUT2D eigenvalue weighted by molar-refractivity contribution is 7.90. The van der Waals surface area contributed by atoms with E-state index in [1.165, 1.54) is 17.5 Å². The zero-order valence-corrected chi connectivity index (χ0v) is 11.5. The van der Waals surface area contributed by atoms with Crippen LogP contribution in [0.25, 0.3) is 0 Å². The van der Waals surface area contributed by atoms with Crippen LogP contribution < -0.4 is 10.6 Å². The summed E-state index contributed by atoms with van der Waals surface area (Å²) < 4.78 is 22.5. The third kappa shape index (κ3) is 3.03. The molecule has 0 saturated heterocycles. The summed E-state index contributed by atoms with van der Waals surface area (Å²) in [6, 6.07) is 8.21. The third-order valence-corrected chi connectivity index (χ3v) is 4.33. The van der Waals surface area contributed by atoms with Gasteiger partial charge in [-0.2, -0.15) is 0 Å². The highest BCUT2D eigenvalue weighted by atomic mass is 32.2. The van der Waals surface area contributed by atoms with E-state index in [-0.39, 0.29) is 5.75 Å². The van der Waals surface area contributed by atoms with Crippen LogP contribution in [0, 0.1) is 0 Å². The Balaban J connectivity index is 2.15. The van der Waals surface area contributed by atoms with Crippen molar-refractivity contribution in [2.75, 3.05) is 36.5 Å². The van der Waals surface area contributed by atoms with Crippen molar-refractivity contribution in [3.8, 4) is 0 Å². The second kappa shape index (κ2) is 5.28. The Labute approximate surface area is 109 Å². The molecule has 0 aromatic heterocycles. The largest absolute Gasteiger partial charge is 0.370 e. The molecule has 1 atom stereocenters. The van der Waals surface area contributed by atoms with Gasteiger partial charge in [0.25, 0.3) is 0 Å². The molecule has 0 fully saturated rings. The Morgan fingerprint density at radius 3 is 2.78 bits per heavy atom. The molecule has 2 rings (SSSR count). The van der Waals surface area contributed by atoms with Crippen LogP contribution in [-0.2, 0) is 9.84 Å². The van der Waals surface area contributed by atoms with E-state index in [0.717, 1.165) is 13.0 Å². The SMILES string of the molecule is CS(=O)(=O)CCN1CC(CCN)c2ccccc21. The Kier molecular flexibility index (Phi) is 3.92. The van der Waals surface area contributed by atoms with E-state index < -0.39 is 9.84 Å². The van der Waals surface area contributed by atoms with E-state index in [1.807, 2.05) is 12.1 Å². The number of hydrogen-bond donors (Lipinski definition) is 1. The van der Waals surface area contributed by atoms with Crippen LogP contribution in [0.5, 0.6) is 0 Å². The molecular weight excluding hydrogens is 248 g/mol. The zero-order chi connectivity index (χ0) is 13.2. The maximum atomic E-state index is 11.3. The average molecular weight is 268 g/mol. The Morgan fingerprint density at radius 2 is 2.11 bits per heavy atom. The first-order valence-corrected chi connectivity index (χ1v) is 8.29. The number of hydrogen-bond acceptors (Lipinski definition) is 4. The monoisotopic (exact) mass is 268 g/mol. The van der Waals surface area contributed by atoms with Crippen molar-refractivity contribution in [3.05, 3.63) is 29.8 Å². The van der Waals surface area contributed by atoms with Crippen LogP contribution in [0.4, 0.5) is 5.69 Å². The first-order valence-electron chi connectivity index (χ1n) is 6.23. The maximum absolute atomic E-state index is 11.3. The molecule has 1 unspecified atom stereocenters. The lowest BCUT2D eigenvalue weighted by Crippen LogP contribution is -2.28. The molecule has 0 bridgehead atoms. The van der Waals surface area contributed by atoms with Crippen molar-refractivity contribution >= 4 is 15.5 Å². The van der Waals surface area contributed by atoms with Crippen molar-refractivity contribution < 1.29 is 8.42 Å². The van der Waals surface area contributed by atoms with E-state index in [1.54, 1.807) is 0 Å². The molecule has 1 aliphatic heterocycles. The lowest BCUT2D eigenvalue weighted by molar-refractivity contribution is 0.598. The van der Waals surface area contributed by atoms with E-state index in [0.29, 0.717) is 19.0 Å². The summed E-state index contributed by atoms with van der Waals surface area (Å²) in [5.74, 6) is 0.641. The molecule has 5 heteroatoms. The number of benzene rings is 1. The Hall–Kier alpha value is -1.07. The smallest absolute Gasteiger partial charge is 0.149 e. The van der Waals surface area contributed by atoms with Crippen LogP contribution in [0.15, 0.2) is 24.3 Å². The summed E-state index contributed by atoms with van der Waals surface area (Å²) >= 11 is 0. The van der Waals surface area contributed by atoms with E-state index >= 15 is 0 Å². The van der Waals surface area contributed by atoms with Crippen molar-refractivity contribution in [3.63, 3.8) is 0 Å². The minimum atomic E-state index is -2.91. The zero-order valence-electron chi connectivity index (χ0n) is 10.7. The van der Waals surface area contributed by atoms with Gasteiger partial charge in [-0.15, -0.1) is 0 Å². The molecular formula is C13H20N2O2S. The molecule has 1 heterocycles. The number of fused-ring (bicyclic) bond motifs is 1. The van der Waals surface area contributed by atoms with Crippen LogP contribution in [0.3, 0.4) is 0 Å². The van der Waals surface area contributed by atoms with Crippen LogP contribution in [0.2, 0.25) is 0 Å². The number of rotatable bonds is 5. The van der Waals surface area contributed by atoms with Gasteiger partial charge >= 0.3 is 0 Å². The molecule has 18 heavy (non-hydrogen) atoms. The van der Waals surface area contributed by atoms with E-state index in [9.17, 15) is 8.42 Å². The highest BCUT2D eigenvalue weighted by Gasteiger charge is 2.27. The predicted molar refractivity (Wildman–Crippen MR) is 74.8 cm³/mol. The summed E-state index contributed by atoms with van der Waals surface area (Å²) in [5, 5.41) is 0. The van der Waals surface area contributed by atoms with Crippen LogP contribution in [-0.4, -0.2) is 40.1 Å². The van der Waals surface area contributed by atoms with Gasteiger partial charge in [0.15, 0.2) is 0 Å². The molecule has 0 aliphatic carbocycles. The molecule has 100 valence electrons. The Morgan fingerprint density at radius 1 is 1.39 bits per heavy atom. The second-order valence-electron chi connectivity index (χ2n) is 4.91. The van der Waals surface area contributed by atoms with Gasteiger partial charge < -0.3 is 10.6 Å². The van der Waals surface area contributed by atoms with Crippen molar-refractivity contribution in [2.45, 2.75) is 12.3 Å². The molecule has 1 aromatic rings.